The van der Waals surface area contributed by atoms with E-state index in [1.165, 1.54) is 0 Å². The van der Waals surface area contributed by atoms with E-state index < -0.39 is 11.4 Å². The third-order valence-electron chi connectivity index (χ3n) is 3.31. The summed E-state index contributed by atoms with van der Waals surface area (Å²) < 4.78 is 0. The lowest BCUT2D eigenvalue weighted by Crippen LogP contribution is -2.36. The van der Waals surface area contributed by atoms with Crippen LogP contribution in [0, 0.1) is 0 Å². The van der Waals surface area contributed by atoms with E-state index in [9.17, 15) is 9.90 Å². The molecule has 16 heavy (non-hydrogen) atoms. The number of hydrogen-bond acceptors (Lipinski definition) is 3. The molecule has 1 fully saturated rings. The summed E-state index contributed by atoms with van der Waals surface area (Å²) in [5.41, 5.74) is 0.0730. The molecule has 1 unspecified atom stereocenters. The Kier molecular flexibility index (Phi) is 3.19. The van der Waals surface area contributed by atoms with Gasteiger partial charge in [0.05, 0.1) is 5.41 Å². The quantitative estimate of drug-likeness (QED) is 0.785. The van der Waals surface area contributed by atoms with Gasteiger partial charge in [0.1, 0.15) is 0 Å². The van der Waals surface area contributed by atoms with E-state index in [4.69, 9.17) is 0 Å². The number of carbonyl (C=O) groups is 1. The van der Waals surface area contributed by atoms with Crippen molar-refractivity contribution in [2.45, 2.75) is 24.7 Å². The van der Waals surface area contributed by atoms with Crippen LogP contribution in [0.25, 0.3) is 0 Å². The highest BCUT2D eigenvalue weighted by Gasteiger charge is 2.40. The normalized spacial score (nSPS) is 26.0. The maximum absolute atomic E-state index is 11.6. The van der Waals surface area contributed by atoms with Crippen LogP contribution in [-0.2, 0) is 10.2 Å². The molecule has 1 aromatic heterocycles. The van der Waals surface area contributed by atoms with E-state index in [1.54, 1.807) is 18.5 Å². The highest BCUT2D eigenvalue weighted by Crippen LogP contribution is 2.33. The van der Waals surface area contributed by atoms with Crippen LogP contribution in [0.15, 0.2) is 24.5 Å². The Morgan fingerprint density at radius 1 is 1.44 bits per heavy atom. The summed E-state index contributed by atoms with van der Waals surface area (Å²) >= 11 is 0. The van der Waals surface area contributed by atoms with Gasteiger partial charge in [-0.1, -0.05) is 6.07 Å². The predicted octanol–water partition coefficient (Wildman–Crippen LogP) is 1.18. The standard InChI is InChI=1S/C12H16N2O2/c15-11(16)12(4-2-7-13-8-5-12)10-3-1-6-14-9-10/h1,3,6,9,13H,2,4-5,7-8H2,(H,15,16). The number of rotatable bonds is 2. The second kappa shape index (κ2) is 4.61. The zero-order chi connectivity index (χ0) is 11.4. The average molecular weight is 220 g/mol. The van der Waals surface area contributed by atoms with E-state index in [1.807, 2.05) is 6.07 Å². The molecular weight excluding hydrogens is 204 g/mol. The molecule has 1 aliphatic heterocycles. The Bertz CT molecular complexity index is 357. The van der Waals surface area contributed by atoms with Crippen LogP contribution in [0.4, 0.5) is 0 Å². The van der Waals surface area contributed by atoms with Crippen molar-refractivity contribution < 1.29 is 9.90 Å². The first-order valence-electron chi connectivity index (χ1n) is 5.60. The molecule has 4 nitrogen and oxygen atoms in total. The van der Waals surface area contributed by atoms with E-state index in [-0.39, 0.29) is 0 Å². The molecule has 2 heterocycles. The fraction of sp³-hybridized carbons (Fsp3) is 0.500. The van der Waals surface area contributed by atoms with Gasteiger partial charge in [0, 0.05) is 12.4 Å². The van der Waals surface area contributed by atoms with Crippen molar-refractivity contribution in [3.05, 3.63) is 30.1 Å². The van der Waals surface area contributed by atoms with Gasteiger partial charge in [0.15, 0.2) is 0 Å². The molecule has 0 aromatic carbocycles. The number of nitrogens with one attached hydrogen (secondary N) is 1. The van der Waals surface area contributed by atoms with Crippen molar-refractivity contribution in [2.75, 3.05) is 13.1 Å². The summed E-state index contributed by atoms with van der Waals surface area (Å²) in [5, 5.41) is 12.8. The molecule has 1 saturated heterocycles. The topological polar surface area (TPSA) is 62.2 Å². The lowest BCUT2D eigenvalue weighted by molar-refractivity contribution is -0.144. The van der Waals surface area contributed by atoms with Crippen LogP contribution in [0.2, 0.25) is 0 Å². The molecule has 1 aliphatic rings. The molecule has 0 bridgehead atoms. The summed E-state index contributed by atoms with van der Waals surface area (Å²) in [5.74, 6) is -0.732. The molecule has 0 aliphatic carbocycles. The molecule has 0 spiro atoms. The van der Waals surface area contributed by atoms with Crippen LogP contribution in [0.5, 0.6) is 0 Å². The predicted molar refractivity (Wildman–Crippen MR) is 60.3 cm³/mol. The highest BCUT2D eigenvalue weighted by molar-refractivity contribution is 5.81. The van der Waals surface area contributed by atoms with Crippen LogP contribution >= 0.6 is 0 Å². The van der Waals surface area contributed by atoms with Gasteiger partial charge in [-0.25, -0.2) is 0 Å². The summed E-state index contributed by atoms with van der Waals surface area (Å²) in [6, 6.07) is 3.67. The number of aromatic nitrogens is 1. The summed E-state index contributed by atoms with van der Waals surface area (Å²) in [4.78, 5) is 15.6. The minimum atomic E-state index is -0.752. The molecule has 1 aromatic rings. The lowest BCUT2D eigenvalue weighted by Gasteiger charge is -2.27. The SMILES string of the molecule is O=C(O)C1(c2cccnc2)CCCNCC1. The molecule has 0 amide bonds. The van der Waals surface area contributed by atoms with E-state index >= 15 is 0 Å². The smallest absolute Gasteiger partial charge is 0.314 e. The van der Waals surface area contributed by atoms with Crippen LogP contribution in [0.3, 0.4) is 0 Å². The van der Waals surface area contributed by atoms with Crippen LogP contribution in [-0.4, -0.2) is 29.1 Å². The molecule has 2 N–H and O–H groups in total. The molecule has 86 valence electrons. The fourth-order valence-corrected chi connectivity index (χ4v) is 2.34. The first-order valence-corrected chi connectivity index (χ1v) is 5.60. The minimum Gasteiger partial charge on any atom is -0.481 e. The molecule has 1 atom stereocenters. The number of aliphatic carboxylic acids is 1. The summed E-state index contributed by atoms with van der Waals surface area (Å²) in [7, 11) is 0. The number of pyridine rings is 1. The summed E-state index contributed by atoms with van der Waals surface area (Å²) in [6.45, 7) is 1.65. The van der Waals surface area contributed by atoms with Crippen molar-refractivity contribution in [1.29, 1.82) is 0 Å². The number of carboxylic acid groups (broad SMARTS) is 1. The molecule has 0 radical (unpaired) electrons. The second-order valence-electron chi connectivity index (χ2n) is 4.23. The van der Waals surface area contributed by atoms with E-state index in [0.717, 1.165) is 25.1 Å². The zero-order valence-corrected chi connectivity index (χ0v) is 9.15. The molecule has 4 heteroatoms. The van der Waals surface area contributed by atoms with Gasteiger partial charge in [-0.3, -0.25) is 9.78 Å². The van der Waals surface area contributed by atoms with Crippen LogP contribution < -0.4 is 5.32 Å². The third kappa shape index (κ3) is 1.93. The van der Waals surface area contributed by atoms with Crippen molar-refractivity contribution in [2.24, 2.45) is 0 Å². The largest absolute Gasteiger partial charge is 0.481 e. The third-order valence-corrected chi connectivity index (χ3v) is 3.31. The highest BCUT2D eigenvalue weighted by atomic mass is 16.4. The van der Waals surface area contributed by atoms with E-state index in [0.29, 0.717) is 12.8 Å². The molecule has 0 saturated carbocycles. The lowest BCUT2D eigenvalue weighted by atomic mass is 9.75. The van der Waals surface area contributed by atoms with Gasteiger partial charge in [0.2, 0.25) is 0 Å². The summed E-state index contributed by atoms with van der Waals surface area (Å²) in [6.07, 6.45) is 5.56. The first-order chi connectivity index (χ1) is 7.76. The van der Waals surface area contributed by atoms with Gasteiger partial charge in [0.25, 0.3) is 0 Å². The van der Waals surface area contributed by atoms with Crippen molar-refractivity contribution in [1.82, 2.24) is 10.3 Å². The maximum atomic E-state index is 11.6. The first kappa shape index (κ1) is 11.1. The van der Waals surface area contributed by atoms with Gasteiger partial charge >= 0.3 is 5.97 Å². The maximum Gasteiger partial charge on any atom is 0.314 e. The van der Waals surface area contributed by atoms with E-state index in [2.05, 4.69) is 10.3 Å². The van der Waals surface area contributed by atoms with Crippen molar-refractivity contribution in [3.63, 3.8) is 0 Å². The number of carboxylic acids is 1. The monoisotopic (exact) mass is 220 g/mol. The van der Waals surface area contributed by atoms with Crippen molar-refractivity contribution in [3.8, 4) is 0 Å². The fourth-order valence-electron chi connectivity index (χ4n) is 2.34. The average Bonchev–Trinajstić information content (AvgIpc) is 2.56. The minimum absolute atomic E-state index is 0.633. The number of nitrogens with zero attached hydrogens (tertiary/aromatic N) is 1. The Labute approximate surface area is 94.7 Å². The van der Waals surface area contributed by atoms with Gasteiger partial charge in [-0.2, -0.15) is 0 Å². The van der Waals surface area contributed by atoms with Crippen LogP contribution in [0.1, 0.15) is 24.8 Å². The second-order valence-corrected chi connectivity index (χ2v) is 4.23. The Morgan fingerprint density at radius 2 is 2.31 bits per heavy atom. The van der Waals surface area contributed by atoms with Gasteiger partial charge in [-0.05, 0) is 44.0 Å². The molecule has 2 rings (SSSR count). The van der Waals surface area contributed by atoms with Crippen molar-refractivity contribution >= 4 is 5.97 Å². The Hall–Kier alpha value is -1.42. The number of hydrogen-bond donors (Lipinski definition) is 2. The van der Waals surface area contributed by atoms with Gasteiger partial charge < -0.3 is 10.4 Å². The Balaban J connectivity index is 2.38. The Morgan fingerprint density at radius 3 is 3.00 bits per heavy atom. The molecular formula is C12H16N2O2. The zero-order valence-electron chi connectivity index (χ0n) is 9.15. The van der Waals surface area contributed by atoms with Gasteiger partial charge in [-0.15, -0.1) is 0 Å².